The Morgan fingerprint density at radius 3 is 2.16 bits per heavy atom. The molecule has 25 heavy (non-hydrogen) atoms. The number of rotatable bonds is 5. The number of ketones is 1. The Hall–Kier alpha value is -3.27. The smallest absolute Gasteiger partial charge is 0.182 e. The summed E-state index contributed by atoms with van der Waals surface area (Å²) in [5.41, 5.74) is 3.84. The molecule has 0 aromatic heterocycles. The number of benzene rings is 2. The summed E-state index contributed by atoms with van der Waals surface area (Å²) in [5.74, 6) is -1.03. The van der Waals surface area contributed by atoms with Gasteiger partial charge in [-0.15, -0.1) is 0 Å². The zero-order valence-electron chi connectivity index (χ0n) is 14.1. The first kappa shape index (κ1) is 18.1. The lowest BCUT2D eigenvalue weighted by Crippen LogP contribution is -1.89. The number of carbonyl (C=O) groups excluding carboxylic acids is 1. The lowest BCUT2D eigenvalue weighted by molar-refractivity contribution is -0.110. The Morgan fingerprint density at radius 2 is 1.48 bits per heavy atom. The summed E-state index contributed by atoms with van der Waals surface area (Å²) in [6.45, 7) is 4.04. The van der Waals surface area contributed by atoms with Crippen LogP contribution in [0.3, 0.4) is 0 Å². The lowest BCUT2D eigenvalue weighted by Gasteiger charge is -2.00. The summed E-state index contributed by atoms with van der Waals surface area (Å²) < 4.78 is 0. The molecular weight excluding hydrogens is 316 g/mol. The maximum Gasteiger partial charge on any atom is 0.182 e. The van der Waals surface area contributed by atoms with Crippen LogP contribution in [0.1, 0.15) is 22.3 Å². The van der Waals surface area contributed by atoms with Crippen LogP contribution in [0.2, 0.25) is 0 Å². The van der Waals surface area contributed by atoms with Gasteiger partial charge in [-0.2, -0.15) is 0 Å². The Morgan fingerprint density at radius 1 is 0.840 bits per heavy atom. The standard InChI is InChI=1S/C21H20O4/c1-14-3-4-16(11-15(14)2)5-8-18(22)13-19(23)9-6-17-7-10-20(24)21(25)12-17/h3-13,22,24-25H,1-2H3/b8-5+,9-6+,18-13-. The number of aromatic hydroxyl groups is 2. The third kappa shape index (κ3) is 5.39. The van der Waals surface area contributed by atoms with Crippen LogP contribution in [0, 0.1) is 13.8 Å². The first-order valence-corrected chi connectivity index (χ1v) is 7.75. The van der Waals surface area contributed by atoms with E-state index >= 15 is 0 Å². The number of phenols is 2. The molecule has 128 valence electrons. The summed E-state index contributed by atoms with van der Waals surface area (Å²) in [5, 5.41) is 28.5. The molecule has 0 aliphatic carbocycles. The van der Waals surface area contributed by atoms with Crippen LogP contribution in [-0.4, -0.2) is 21.1 Å². The Labute approximate surface area is 146 Å². The monoisotopic (exact) mass is 336 g/mol. The van der Waals surface area contributed by atoms with Gasteiger partial charge < -0.3 is 15.3 Å². The summed E-state index contributed by atoms with van der Waals surface area (Å²) in [6, 6.07) is 10.2. The fourth-order valence-corrected chi connectivity index (χ4v) is 2.11. The molecule has 0 fully saturated rings. The van der Waals surface area contributed by atoms with E-state index in [1.165, 1.54) is 35.9 Å². The van der Waals surface area contributed by atoms with Crippen LogP contribution in [0.5, 0.6) is 11.5 Å². The first-order chi connectivity index (χ1) is 11.8. The normalized spacial score (nSPS) is 12.2. The van der Waals surface area contributed by atoms with E-state index in [0.717, 1.165) is 17.2 Å². The van der Waals surface area contributed by atoms with Crippen LogP contribution < -0.4 is 0 Å². The highest BCUT2D eigenvalue weighted by atomic mass is 16.3. The zero-order chi connectivity index (χ0) is 18.4. The van der Waals surface area contributed by atoms with Gasteiger partial charge in [-0.3, -0.25) is 4.79 Å². The molecule has 2 aromatic rings. The van der Waals surface area contributed by atoms with Crippen molar-refractivity contribution in [3.63, 3.8) is 0 Å². The predicted octanol–water partition coefficient (Wildman–Crippen LogP) is 4.45. The third-order valence-electron chi connectivity index (χ3n) is 3.71. The van der Waals surface area contributed by atoms with E-state index in [9.17, 15) is 20.1 Å². The van der Waals surface area contributed by atoms with Gasteiger partial charge in [0.2, 0.25) is 0 Å². The topological polar surface area (TPSA) is 77.8 Å². The molecule has 2 aromatic carbocycles. The molecule has 0 radical (unpaired) electrons. The van der Waals surface area contributed by atoms with Crippen molar-refractivity contribution in [2.45, 2.75) is 13.8 Å². The van der Waals surface area contributed by atoms with Crippen molar-refractivity contribution in [1.82, 2.24) is 0 Å². The van der Waals surface area contributed by atoms with E-state index in [1.54, 1.807) is 12.1 Å². The number of phenolic OH excluding ortho intramolecular Hbond substituents is 2. The number of allylic oxidation sites excluding steroid dienone is 3. The summed E-state index contributed by atoms with van der Waals surface area (Å²) in [7, 11) is 0. The van der Waals surface area contributed by atoms with Gasteiger partial charge in [0.1, 0.15) is 5.76 Å². The maximum atomic E-state index is 11.8. The predicted molar refractivity (Wildman–Crippen MR) is 99.5 cm³/mol. The van der Waals surface area contributed by atoms with Gasteiger partial charge >= 0.3 is 0 Å². The molecule has 0 heterocycles. The SMILES string of the molecule is Cc1ccc(/C=C/C(O)=C/C(=O)/C=C/c2ccc(O)c(O)c2)cc1C. The molecule has 0 unspecified atom stereocenters. The quantitative estimate of drug-likeness (QED) is 0.326. The van der Waals surface area contributed by atoms with E-state index in [1.807, 2.05) is 32.0 Å². The van der Waals surface area contributed by atoms with Crippen molar-refractivity contribution in [3.05, 3.63) is 82.6 Å². The Balaban J connectivity index is 2.03. The average molecular weight is 336 g/mol. The third-order valence-corrected chi connectivity index (χ3v) is 3.71. The molecule has 0 amide bonds. The second kappa shape index (κ2) is 8.02. The Kier molecular flexibility index (Phi) is 5.79. The molecule has 0 aliphatic rings. The van der Waals surface area contributed by atoms with Crippen molar-refractivity contribution in [1.29, 1.82) is 0 Å². The van der Waals surface area contributed by atoms with Gasteiger partial charge in [-0.1, -0.05) is 36.4 Å². The number of hydrogen-bond donors (Lipinski definition) is 3. The molecule has 0 aliphatic heterocycles. The maximum absolute atomic E-state index is 11.8. The molecule has 3 N–H and O–H groups in total. The van der Waals surface area contributed by atoms with Crippen LogP contribution in [0.15, 0.2) is 60.4 Å². The second-order valence-electron chi connectivity index (χ2n) is 5.73. The van der Waals surface area contributed by atoms with Gasteiger partial charge in [-0.25, -0.2) is 0 Å². The van der Waals surface area contributed by atoms with E-state index in [2.05, 4.69) is 0 Å². The highest BCUT2D eigenvalue weighted by Crippen LogP contribution is 2.25. The first-order valence-electron chi connectivity index (χ1n) is 7.75. The molecular formula is C21H20O4. The summed E-state index contributed by atoms with van der Waals surface area (Å²) >= 11 is 0. The number of aliphatic hydroxyl groups is 1. The van der Waals surface area contributed by atoms with Gasteiger partial charge in [0.25, 0.3) is 0 Å². The zero-order valence-corrected chi connectivity index (χ0v) is 14.1. The summed E-state index contributed by atoms with van der Waals surface area (Å²) in [6.07, 6.45) is 7.05. The second-order valence-corrected chi connectivity index (χ2v) is 5.73. The Bertz CT molecular complexity index is 873. The highest BCUT2D eigenvalue weighted by Gasteiger charge is 1.99. The largest absolute Gasteiger partial charge is 0.508 e. The number of hydrogen-bond acceptors (Lipinski definition) is 4. The van der Waals surface area contributed by atoms with Gasteiger partial charge in [0, 0.05) is 6.08 Å². The lowest BCUT2D eigenvalue weighted by atomic mass is 10.1. The van der Waals surface area contributed by atoms with Gasteiger partial charge in [0.05, 0.1) is 0 Å². The van der Waals surface area contributed by atoms with Crippen molar-refractivity contribution >= 4 is 17.9 Å². The number of aliphatic hydroxyl groups excluding tert-OH is 1. The van der Waals surface area contributed by atoms with Crippen LogP contribution >= 0.6 is 0 Å². The number of aryl methyl sites for hydroxylation is 2. The van der Waals surface area contributed by atoms with Crippen LogP contribution in [-0.2, 0) is 4.79 Å². The van der Waals surface area contributed by atoms with Crippen molar-refractivity contribution in [3.8, 4) is 11.5 Å². The van der Waals surface area contributed by atoms with Crippen molar-refractivity contribution in [2.75, 3.05) is 0 Å². The molecule has 4 nitrogen and oxygen atoms in total. The average Bonchev–Trinajstić information content (AvgIpc) is 2.57. The van der Waals surface area contributed by atoms with Crippen LogP contribution in [0.25, 0.3) is 12.2 Å². The minimum atomic E-state index is -0.394. The van der Waals surface area contributed by atoms with E-state index in [-0.39, 0.29) is 17.3 Å². The highest BCUT2D eigenvalue weighted by molar-refractivity contribution is 6.02. The number of carbonyl (C=O) groups is 1. The van der Waals surface area contributed by atoms with E-state index in [0.29, 0.717) is 5.56 Å². The molecule has 0 atom stereocenters. The van der Waals surface area contributed by atoms with Crippen molar-refractivity contribution < 1.29 is 20.1 Å². The van der Waals surface area contributed by atoms with E-state index in [4.69, 9.17) is 0 Å². The van der Waals surface area contributed by atoms with Gasteiger partial charge in [-0.05, 0) is 60.4 Å². The molecule has 4 heteroatoms. The fourth-order valence-electron chi connectivity index (χ4n) is 2.11. The summed E-state index contributed by atoms with van der Waals surface area (Å²) in [4.78, 5) is 11.8. The minimum Gasteiger partial charge on any atom is -0.508 e. The molecule has 0 saturated heterocycles. The molecule has 0 spiro atoms. The molecule has 2 rings (SSSR count). The molecule has 0 bridgehead atoms. The van der Waals surface area contributed by atoms with E-state index < -0.39 is 5.78 Å². The fraction of sp³-hybridized carbons (Fsp3) is 0.0952. The van der Waals surface area contributed by atoms with Gasteiger partial charge in [0.15, 0.2) is 17.3 Å². The minimum absolute atomic E-state index is 0.151. The van der Waals surface area contributed by atoms with Crippen LogP contribution in [0.4, 0.5) is 0 Å². The van der Waals surface area contributed by atoms with Crippen molar-refractivity contribution in [2.24, 2.45) is 0 Å². The molecule has 0 saturated carbocycles.